The molecule has 0 spiro atoms. The van der Waals surface area contributed by atoms with E-state index < -0.39 is 10.0 Å². The molecule has 0 heterocycles. The normalized spacial score (nSPS) is 11.9. The molecule has 2 rings (SSSR count). The fraction of sp³-hybridized carbons (Fsp3) is 0.200. The van der Waals surface area contributed by atoms with Crippen LogP contribution in [0.3, 0.4) is 0 Å². The summed E-state index contributed by atoms with van der Waals surface area (Å²) in [6.07, 6.45) is 0. The number of hydrogen-bond donors (Lipinski definition) is 0. The van der Waals surface area contributed by atoms with Crippen LogP contribution < -0.4 is 0 Å². The molecule has 0 bridgehead atoms. The molecule has 0 aromatic heterocycles. The van der Waals surface area contributed by atoms with Crippen LogP contribution in [0.4, 0.5) is 0 Å². The molecule has 0 N–H and O–H groups in total. The minimum Gasteiger partial charge on any atom is -0.207 e. The summed E-state index contributed by atoms with van der Waals surface area (Å²) in [6.45, 7) is 2.12. The van der Waals surface area contributed by atoms with Gasteiger partial charge in [-0.3, -0.25) is 0 Å². The van der Waals surface area contributed by atoms with Crippen molar-refractivity contribution in [3.8, 4) is 0 Å². The topological polar surface area (TPSA) is 37.4 Å². The summed E-state index contributed by atoms with van der Waals surface area (Å²) >= 11 is 6.72. The summed E-state index contributed by atoms with van der Waals surface area (Å²) in [5.74, 6) is 0. The van der Waals surface area contributed by atoms with E-state index in [0.29, 0.717) is 11.4 Å². The third-order valence-electron chi connectivity index (χ3n) is 3.13. The highest BCUT2D eigenvalue weighted by Crippen LogP contribution is 2.24. The van der Waals surface area contributed by atoms with Crippen LogP contribution in [-0.4, -0.2) is 19.8 Å². The summed E-state index contributed by atoms with van der Waals surface area (Å²) < 4.78 is 28.4. The molecule has 21 heavy (non-hydrogen) atoms. The van der Waals surface area contributed by atoms with E-state index in [4.69, 9.17) is 0 Å². The van der Waals surface area contributed by atoms with Crippen LogP contribution in [0.25, 0.3) is 0 Å². The maximum absolute atomic E-state index is 12.7. The number of nitrogens with zero attached hydrogens (tertiary/aromatic N) is 1. The zero-order valence-corrected chi connectivity index (χ0v) is 15.7. The molecule has 0 fully saturated rings. The van der Waals surface area contributed by atoms with E-state index in [9.17, 15) is 8.42 Å². The van der Waals surface area contributed by atoms with Gasteiger partial charge in [-0.2, -0.15) is 4.31 Å². The Labute approximate surface area is 142 Å². The Hall–Kier alpha value is -0.690. The van der Waals surface area contributed by atoms with Gasteiger partial charge in [-0.25, -0.2) is 8.42 Å². The second-order valence-electron chi connectivity index (χ2n) is 4.80. The number of benzene rings is 2. The van der Waals surface area contributed by atoms with Crippen molar-refractivity contribution in [2.75, 3.05) is 7.05 Å². The van der Waals surface area contributed by atoms with Crippen molar-refractivity contribution in [2.45, 2.75) is 18.4 Å². The van der Waals surface area contributed by atoms with E-state index in [1.807, 2.05) is 30.3 Å². The summed E-state index contributed by atoms with van der Waals surface area (Å²) in [7, 11) is -1.92. The van der Waals surface area contributed by atoms with E-state index in [0.717, 1.165) is 20.1 Å². The van der Waals surface area contributed by atoms with Gasteiger partial charge in [0, 0.05) is 22.5 Å². The van der Waals surface area contributed by atoms with E-state index in [1.54, 1.807) is 26.1 Å². The van der Waals surface area contributed by atoms with Gasteiger partial charge in [-0.05, 0) is 42.3 Å². The van der Waals surface area contributed by atoms with E-state index in [-0.39, 0.29) is 0 Å². The Bertz CT molecular complexity index is 760. The maximum atomic E-state index is 12.7. The van der Waals surface area contributed by atoms with Crippen LogP contribution in [0.2, 0.25) is 0 Å². The first-order valence-corrected chi connectivity index (χ1v) is 9.30. The molecule has 0 saturated heterocycles. The number of rotatable bonds is 4. The van der Waals surface area contributed by atoms with Gasteiger partial charge >= 0.3 is 0 Å². The molecule has 0 amide bonds. The molecule has 2 aromatic carbocycles. The van der Waals surface area contributed by atoms with E-state index in [2.05, 4.69) is 31.9 Å². The van der Waals surface area contributed by atoms with Gasteiger partial charge in [-0.1, -0.05) is 50.1 Å². The lowest BCUT2D eigenvalue weighted by Crippen LogP contribution is -2.27. The van der Waals surface area contributed by atoms with Crippen molar-refractivity contribution >= 4 is 41.9 Å². The smallest absolute Gasteiger partial charge is 0.207 e. The summed E-state index contributed by atoms with van der Waals surface area (Å²) in [6, 6.07) is 12.9. The monoisotopic (exact) mass is 431 g/mol. The maximum Gasteiger partial charge on any atom is 0.243 e. The first-order valence-electron chi connectivity index (χ1n) is 6.27. The Balaban J connectivity index is 2.33. The van der Waals surface area contributed by atoms with Crippen LogP contribution >= 0.6 is 31.9 Å². The Kier molecular flexibility index (Phi) is 5.24. The van der Waals surface area contributed by atoms with Gasteiger partial charge in [0.05, 0.1) is 4.90 Å². The predicted molar refractivity (Wildman–Crippen MR) is 91.7 cm³/mol. The fourth-order valence-electron chi connectivity index (χ4n) is 2.00. The zero-order valence-electron chi connectivity index (χ0n) is 11.7. The lowest BCUT2D eigenvalue weighted by molar-refractivity contribution is 0.466. The molecular weight excluding hydrogens is 418 g/mol. The molecule has 0 aliphatic rings. The van der Waals surface area contributed by atoms with Crippen molar-refractivity contribution in [2.24, 2.45) is 0 Å². The quantitative estimate of drug-likeness (QED) is 0.720. The van der Waals surface area contributed by atoms with Gasteiger partial charge in [0.1, 0.15) is 0 Å². The molecule has 0 aliphatic heterocycles. The number of halogens is 2. The standard InChI is InChI=1S/C15H15Br2NO2S/c1-11-6-7-14(17)9-15(11)21(19,20)18(2)10-12-4-3-5-13(16)8-12/h3-9H,10H2,1-2H3. The molecule has 112 valence electrons. The van der Waals surface area contributed by atoms with Gasteiger partial charge in [-0.15, -0.1) is 0 Å². The SMILES string of the molecule is Cc1ccc(Br)cc1S(=O)(=O)N(C)Cc1cccc(Br)c1. The molecule has 3 nitrogen and oxygen atoms in total. The highest BCUT2D eigenvalue weighted by atomic mass is 79.9. The van der Waals surface area contributed by atoms with Gasteiger partial charge < -0.3 is 0 Å². The van der Waals surface area contributed by atoms with Gasteiger partial charge in [0.2, 0.25) is 10.0 Å². The molecule has 2 aromatic rings. The summed E-state index contributed by atoms with van der Waals surface area (Å²) in [5, 5.41) is 0. The van der Waals surface area contributed by atoms with Crippen LogP contribution in [-0.2, 0) is 16.6 Å². The van der Waals surface area contributed by atoms with Crippen molar-refractivity contribution in [1.82, 2.24) is 4.31 Å². The summed E-state index contributed by atoms with van der Waals surface area (Å²) in [5.41, 5.74) is 1.67. The number of aryl methyl sites for hydroxylation is 1. The van der Waals surface area contributed by atoms with Crippen LogP contribution in [0, 0.1) is 6.92 Å². The molecular formula is C15H15Br2NO2S. The van der Waals surface area contributed by atoms with E-state index >= 15 is 0 Å². The molecule has 0 aliphatic carbocycles. The first-order chi connectivity index (χ1) is 9.80. The molecule has 6 heteroatoms. The van der Waals surface area contributed by atoms with Crippen molar-refractivity contribution in [3.05, 3.63) is 62.5 Å². The highest BCUT2D eigenvalue weighted by Gasteiger charge is 2.23. The van der Waals surface area contributed by atoms with Crippen LogP contribution in [0.15, 0.2) is 56.3 Å². The van der Waals surface area contributed by atoms with Gasteiger partial charge in [0.15, 0.2) is 0 Å². The first kappa shape index (κ1) is 16.7. The third-order valence-corrected chi connectivity index (χ3v) is 6.06. The summed E-state index contributed by atoms with van der Waals surface area (Å²) in [4.78, 5) is 0.328. The minimum atomic E-state index is -3.52. The van der Waals surface area contributed by atoms with Crippen LogP contribution in [0.1, 0.15) is 11.1 Å². The second-order valence-corrected chi connectivity index (χ2v) is 8.65. The number of hydrogen-bond acceptors (Lipinski definition) is 2. The lowest BCUT2D eigenvalue weighted by atomic mass is 10.2. The van der Waals surface area contributed by atoms with Crippen LogP contribution in [0.5, 0.6) is 0 Å². The average Bonchev–Trinajstić information content (AvgIpc) is 2.41. The second kappa shape index (κ2) is 6.60. The fourth-order valence-corrected chi connectivity index (χ4v) is 4.36. The Morgan fingerprint density at radius 3 is 2.38 bits per heavy atom. The van der Waals surface area contributed by atoms with Crippen molar-refractivity contribution in [3.63, 3.8) is 0 Å². The predicted octanol–water partition coefficient (Wildman–Crippen LogP) is 4.34. The largest absolute Gasteiger partial charge is 0.243 e. The zero-order chi connectivity index (χ0) is 15.6. The molecule has 0 atom stereocenters. The third kappa shape index (κ3) is 3.94. The average molecular weight is 433 g/mol. The van der Waals surface area contributed by atoms with E-state index in [1.165, 1.54) is 4.31 Å². The van der Waals surface area contributed by atoms with Gasteiger partial charge in [0.25, 0.3) is 0 Å². The molecule has 0 unspecified atom stereocenters. The molecule has 0 radical (unpaired) electrons. The van der Waals surface area contributed by atoms with Crippen molar-refractivity contribution < 1.29 is 8.42 Å². The highest BCUT2D eigenvalue weighted by molar-refractivity contribution is 9.10. The Morgan fingerprint density at radius 1 is 1.05 bits per heavy atom. The van der Waals surface area contributed by atoms with Crippen molar-refractivity contribution in [1.29, 1.82) is 0 Å². The lowest BCUT2D eigenvalue weighted by Gasteiger charge is -2.19. The Morgan fingerprint density at radius 2 is 1.71 bits per heavy atom. The number of sulfonamides is 1. The minimum absolute atomic E-state index is 0.327. The molecule has 0 saturated carbocycles.